The van der Waals surface area contributed by atoms with Gasteiger partial charge in [-0.3, -0.25) is 13.8 Å². The molecular weight excluding hydrogens is 1060 g/mol. The zero-order valence-electron chi connectivity index (χ0n) is 56.7. The van der Waals surface area contributed by atoms with E-state index in [2.05, 4.69) is 67.8 Å². The monoisotopic (exact) mass is 1200 g/mol. The summed E-state index contributed by atoms with van der Waals surface area (Å²) in [6, 6.07) is -0.872. The molecule has 9 heteroatoms. The number of hydrogen-bond donors (Lipinski definition) is 3. The Labute approximate surface area is 523 Å². The zero-order valence-corrected chi connectivity index (χ0v) is 57.5. The van der Waals surface area contributed by atoms with E-state index in [9.17, 15) is 19.4 Å². The first-order chi connectivity index (χ1) is 41.0. The molecule has 3 unspecified atom stereocenters. The third kappa shape index (κ3) is 67.7. The molecule has 494 valence electrons. The van der Waals surface area contributed by atoms with E-state index in [-0.39, 0.29) is 19.1 Å². The van der Waals surface area contributed by atoms with Gasteiger partial charge in [0.2, 0.25) is 5.91 Å². The molecule has 0 aliphatic heterocycles. The number of phosphoric acid groups is 1. The number of phosphoric ester groups is 1. The van der Waals surface area contributed by atoms with E-state index in [1.165, 1.54) is 289 Å². The van der Waals surface area contributed by atoms with Crippen molar-refractivity contribution in [3.8, 4) is 0 Å². The highest BCUT2D eigenvalue weighted by molar-refractivity contribution is 7.47. The quantitative estimate of drug-likeness (QED) is 0.0243. The van der Waals surface area contributed by atoms with Gasteiger partial charge in [-0.2, -0.15) is 0 Å². The zero-order chi connectivity index (χ0) is 61.2. The van der Waals surface area contributed by atoms with Crippen LogP contribution in [0.3, 0.4) is 0 Å². The van der Waals surface area contributed by atoms with E-state index in [1.807, 2.05) is 27.2 Å². The number of likely N-dealkylation sites (N-methyl/N-ethyl adjacent to an activating group) is 1. The summed E-state index contributed by atoms with van der Waals surface area (Å²) in [5.41, 5.74) is 0. The van der Waals surface area contributed by atoms with Crippen LogP contribution in [0.1, 0.15) is 361 Å². The Balaban J connectivity index is 4.02. The average molecular weight is 1200 g/mol. The largest absolute Gasteiger partial charge is 0.472 e. The third-order valence-corrected chi connectivity index (χ3v) is 17.7. The van der Waals surface area contributed by atoms with Crippen LogP contribution in [0.4, 0.5) is 0 Å². The molecule has 0 aromatic rings. The van der Waals surface area contributed by atoms with Crippen molar-refractivity contribution in [2.45, 2.75) is 373 Å². The summed E-state index contributed by atoms with van der Waals surface area (Å²) >= 11 is 0. The number of allylic oxidation sites excluding steroid dienone is 9. The van der Waals surface area contributed by atoms with Gasteiger partial charge in [0.15, 0.2) is 0 Å². The molecule has 0 aliphatic rings. The molecule has 0 fully saturated rings. The highest BCUT2D eigenvalue weighted by Crippen LogP contribution is 2.43. The molecule has 0 heterocycles. The fourth-order valence-electron chi connectivity index (χ4n) is 11.0. The number of rotatable bonds is 68. The molecule has 84 heavy (non-hydrogen) atoms. The van der Waals surface area contributed by atoms with E-state index in [0.29, 0.717) is 17.4 Å². The first-order valence-electron chi connectivity index (χ1n) is 36.7. The number of amides is 1. The summed E-state index contributed by atoms with van der Waals surface area (Å²) in [5.74, 6) is -0.185. The summed E-state index contributed by atoms with van der Waals surface area (Å²) in [6.07, 6.45) is 91.1. The number of quaternary nitrogens is 1. The van der Waals surface area contributed by atoms with Crippen LogP contribution in [-0.2, 0) is 18.4 Å². The number of aliphatic hydroxyl groups excluding tert-OH is 1. The van der Waals surface area contributed by atoms with Crippen LogP contribution in [0, 0.1) is 0 Å². The predicted molar refractivity (Wildman–Crippen MR) is 369 cm³/mol. The van der Waals surface area contributed by atoms with Crippen LogP contribution >= 0.6 is 7.82 Å². The van der Waals surface area contributed by atoms with Crippen LogP contribution < -0.4 is 5.32 Å². The van der Waals surface area contributed by atoms with Gasteiger partial charge in [-0.15, -0.1) is 0 Å². The van der Waals surface area contributed by atoms with Gasteiger partial charge in [0, 0.05) is 6.42 Å². The van der Waals surface area contributed by atoms with Gasteiger partial charge in [0.25, 0.3) is 0 Å². The van der Waals surface area contributed by atoms with Crippen LogP contribution in [-0.4, -0.2) is 73.4 Å². The Kier molecular flexibility index (Phi) is 64.2. The summed E-state index contributed by atoms with van der Waals surface area (Å²) in [5, 5.41) is 14.0. The number of carbonyl (C=O) groups is 1. The number of nitrogens with one attached hydrogen (secondary N) is 1. The standard InChI is InChI=1S/C75H143N2O6P/c1-6-8-10-12-14-16-18-20-22-24-26-28-30-32-33-34-35-36-37-38-39-40-41-42-43-45-47-49-51-53-55-57-59-61-63-65-67-69-75(79)76-73(72-83-84(80,81)82-71-70-77(3,4)5)74(78)68-66-64-62-60-58-56-54-52-50-48-46-44-31-29-27-25-23-21-19-17-15-13-11-9-7-2/h18,20,24,26,50,52,58,60,66,68,73-74,78H,6-17,19,21-23,25,27-49,51,53-57,59,61-65,67,69-72H2,1-5H3,(H-,76,79,80,81)/p+1/b20-18-,26-24-,52-50+,60-58+,68-66+. The van der Waals surface area contributed by atoms with Crippen molar-refractivity contribution in [1.29, 1.82) is 0 Å². The van der Waals surface area contributed by atoms with Crippen molar-refractivity contribution in [2.24, 2.45) is 0 Å². The molecule has 0 saturated heterocycles. The molecule has 8 nitrogen and oxygen atoms in total. The SMILES string of the molecule is CCCCCCC/C=C\C/C=C\CCCCCCCCCCCCCCCCCCCCCCCCCCCC(=O)NC(COP(=O)(O)OCC[N+](C)(C)C)C(O)/C=C/CC/C=C/CC/C=C/CCCCCCCCCCCCCCCCC. The van der Waals surface area contributed by atoms with Crippen molar-refractivity contribution >= 4 is 13.7 Å². The predicted octanol–water partition coefficient (Wildman–Crippen LogP) is 23.6. The topological polar surface area (TPSA) is 105 Å². The Morgan fingerprint density at radius 2 is 0.690 bits per heavy atom. The van der Waals surface area contributed by atoms with Crippen molar-refractivity contribution in [3.05, 3.63) is 60.8 Å². The number of nitrogens with zero attached hydrogens (tertiary/aromatic N) is 1. The molecule has 0 aliphatic carbocycles. The number of hydrogen-bond acceptors (Lipinski definition) is 5. The molecule has 0 saturated carbocycles. The number of aliphatic hydroxyl groups is 1. The van der Waals surface area contributed by atoms with Crippen molar-refractivity contribution in [2.75, 3.05) is 40.9 Å². The maximum Gasteiger partial charge on any atom is 0.472 e. The van der Waals surface area contributed by atoms with E-state index in [1.54, 1.807) is 6.08 Å². The highest BCUT2D eigenvalue weighted by Gasteiger charge is 2.28. The third-order valence-electron chi connectivity index (χ3n) is 16.7. The second kappa shape index (κ2) is 65.6. The fourth-order valence-corrected chi connectivity index (χ4v) is 11.7. The molecule has 0 aromatic heterocycles. The van der Waals surface area contributed by atoms with E-state index in [4.69, 9.17) is 9.05 Å². The highest BCUT2D eigenvalue weighted by atomic mass is 31.2. The van der Waals surface area contributed by atoms with Crippen LogP contribution in [0.5, 0.6) is 0 Å². The minimum Gasteiger partial charge on any atom is -0.387 e. The summed E-state index contributed by atoms with van der Waals surface area (Å²) in [6.45, 7) is 4.82. The van der Waals surface area contributed by atoms with Crippen LogP contribution in [0.15, 0.2) is 60.8 Å². The summed E-state index contributed by atoms with van der Waals surface area (Å²) in [7, 11) is 1.56. The molecule has 0 spiro atoms. The molecular formula is C75H144N2O6P+. The first-order valence-corrected chi connectivity index (χ1v) is 38.2. The second-order valence-corrected chi connectivity index (χ2v) is 27.8. The molecule has 0 radical (unpaired) electrons. The fraction of sp³-hybridized carbons (Fsp3) is 0.853. The second-order valence-electron chi connectivity index (χ2n) is 26.3. The molecule has 0 aromatic carbocycles. The van der Waals surface area contributed by atoms with Gasteiger partial charge in [-0.25, -0.2) is 4.57 Å². The summed E-state index contributed by atoms with van der Waals surface area (Å²) < 4.78 is 23.8. The van der Waals surface area contributed by atoms with Crippen LogP contribution in [0.25, 0.3) is 0 Å². The molecule has 3 atom stereocenters. The van der Waals surface area contributed by atoms with Gasteiger partial charge in [0.1, 0.15) is 13.2 Å². The average Bonchev–Trinajstić information content (AvgIpc) is 3.56. The van der Waals surface area contributed by atoms with E-state index in [0.717, 1.165) is 51.4 Å². The van der Waals surface area contributed by atoms with Crippen LogP contribution in [0.2, 0.25) is 0 Å². The summed E-state index contributed by atoms with van der Waals surface area (Å²) in [4.78, 5) is 23.4. The Bertz CT molecular complexity index is 1550. The van der Waals surface area contributed by atoms with Crippen molar-refractivity contribution < 1.29 is 32.9 Å². The van der Waals surface area contributed by atoms with E-state index >= 15 is 0 Å². The Hall–Kier alpha value is -1.80. The maximum absolute atomic E-state index is 13.1. The van der Waals surface area contributed by atoms with Gasteiger partial charge in [0.05, 0.1) is 39.9 Å². The lowest BCUT2D eigenvalue weighted by Crippen LogP contribution is -2.45. The van der Waals surface area contributed by atoms with Gasteiger partial charge in [-0.1, -0.05) is 338 Å². The normalized spacial score (nSPS) is 13.9. The van der Waals surface area contributed by atoms with E-state index < -0.39 is 20.0 Å². The van der Waals surface area contributed by atoms with Gasteiger partial charge < -0.3 is 19.8 Å². The lowest BCUT2D eigenvalue weighted by Gasteiger charge is -2.25. The minimum absolute atomic E-state index is 0.0541. The first kappa shape index (κ1) is 82.2. The molecule has 1 amide bonds. The lowest BCUT2D eigenvalue weighted by atomic mass is 10.0. The smallest absolute Gasteiger partial charge is 0.387 e. The Morgan fingerprint density at radius 3 is 1.02 bits per heavy atom. The number of unbranched alkanes of at least 4 members (excludes halogenated alkanes) is 47. The Morgan fingerprint density at radius 1 is 0.405 bits per heavy atom. The molecule has 0 bridgehead atoms. The van der Waals surface area contributed by atoms with Crippen molar-refractivity contribution in [1.82, 2.24) is 5.32 Å². The number of carbonyl (C=O) groups excluding carboxylic acids is 1. The van der Waals surface area contributed by atoms with Crippen molar-refractivity contribution in [3.63, 3.8) is 0 Å². The molecule has 0 rings (SSSR count). The van der Waals surface area contributed by atoms with Gasteiger partial charge >= 0.3 is 7.82 Å². The maximum atomic E-state index is 13.1. The minimum atomic E-state index is -4.37. The van der Waals surface area contributed by atoms with Gasteiger partial charge in [-0.05, 0) is 77.0 Å². The molecule has 3 N–H and O–H groups in total. The lowest BCUT2D eigenvalue weighted by molar-refractivity contribution is -0.870.